The van der Waals surface area contributed by atoms with Crippen LogP contribution in [0.25, 0.3) is 6.08 Å². The third-order valence-electron chi connectivity index (χ3n) is 2.72. The maximum absolute atomic E-state index is 12.1. The van der Waals surface area contributed by atoms with Crippen molar-refractivity contribution in [1.29, 1.82) is 0 Å². The normalized spacial score (nSPS) is 19.2. The molecule has 20 heavy (non-hydrogen) atoms. The first-order chi connectivity index (χ1) is 9.47. The van der Waals surface area contributed by atoms with Crippen LogP contribution in [0.3, 0.4) is 0 Å². The molecule has 1 aliphatic heterocycles. The number of hydrogen-bond donors (Lipinski definition) is 0. The van der Waals surface area contributed by atoms with Crippen molar-refractivity contribution in [3.8, 4) is 5.75 Å². The molecule has 1 amide bonds. The molecule has 1 aromatic carbocycles. The number of likely N-dealkylation sites (N-methyl/N-ethyl adjacent to an activating group) is 1. The fourth-order valence-corrected chi connectivity index (χ4v) is 3.30. The summed E-state index contributed by atoms with van der Waals surface area (Å²) in [5.41, 5.74) is 0.659. The van der Waals surface area contributed by atoms with E-state index in [0.29, 0.717) is 31.4 Å². The molecule has 0 N–H and O–H groups in total. The SMILES string of the molecule is CN=C1SC(=Cc2cc(Cl)cc(Cl)c2OC)C(=O)N1C. The lowest BCUT2D eigenvalue weighted by atomic mass is 10.2. The van der Waals surface area contributed by atoms with Gasteiger partial charge in [0.15, 0.2) is 5.17 Å². The lowest BCUT2D eigenvalue weighted by Gasteiger charge is -2.08. The molecule has 1 aliphatic rings. The Balaban J connectivity index is 2.49. The van der Waals surface area contributed by atoms with E-state index >= 15 is 0 Å². The van der Waals surface area contributed by atoms with Gasteiger partial charge in [-0.1, -0.05) is 23.2 Å². The van der Waals surface area contributed by atoms with E-state index < -0.39 is 0 Å². The number of nitrogens with zero attached hydrogens (tertiary/aromatic N) is 2. The lowest BCUT2D eigenvalue weighted by Crippen LogP contribution is -2.23. The first-order valence-electron chi connectivity index (χ1n) is 5.65. The molecule has 4 nitrogen and oxygen atoms in total. The predicted molar refractivity (Wildman–Crippen MR) is 84.7 cm³/mol. The second-order valence-corrected chi connectivity index (χ2v) is 5.84. The van der Waals surface area contributed by atoms with E-state index in [1.807, 2.05) is 0 Å². The minimum atomic E-state index is -0.117. The van der Waals surface area contributed by atoms with Crippen LogP contribution < -0.4 is 4.74 Å². The van der Waals surface area contributed by atoms with E-state index in [-0.39, 0.29) is 5.91 Å². The number of hydrogen-bond acceptors (Lipinski definition) is 4. The summed E-state index contributed by atoms with van der Waals surface area (Å²) in [5, 5.41) is 1.53. The Morgan fingerprint density at radius 2 is 2.10 bits per heavy atom. The van der Waals surface area contributed by atoms with Crippen molar-refractivity contribution in [2.24, 2.45) is 4.99 Å². The smallest absolute Gasteiger partial charge is 0.266 e. The number of halogens is 2. The van der Waals surface area contributed by atoms with E-state index in [0.717, 1.165) is 0 Å². The van der Waals surface area contributed by atoms with Gasteiger partial charge >= 0.3 is 0 Å². The molecular formula is C13H12Cl2N2O2S. The number of aliphatic imine (C=N–C) groups is 1. The summed E-state index contributed by atoms with van der Waals surface area (Å²) in [6, 6.07) is 3.30. The summed E-state index contributed by atoms with van der Waals surface area (Å²) in [7, 11) is 4.85. The van der Waals surface area contributed by atoms with Crippen molar-refractivity contribution < 1.29 is 9.53 Å². The van der Waals surface area contributed by atoms with Gasteiger partial charge in [-0.2, -0.15) is 0 Å². The number of carbonyl (C=O) groups is 1. The number of ether oxygens (including phenoxy) is 1. The van der Waals surface area contributed by atoms with Gasteiger partial charge in [-0.05, 0) is 30.0 Å². The van der Waals surface area contributed by atoms with Gasteiger partial charge in [0.2, 0.25) is 0 Å². The molecule has 0 atom stereocenters. The zero-order valence-electron chi connectivity index (χ0n) is 11.1. The van der Waals surface area contributed by atoms with E-state index in [1.165, 1.54) is 23.8 Å². The van der Waals surface area contributed by atoms with Crippen molar-refractivity contribution in [2.75, 3.05) is 21.2 Å². The number of amides is 1. The Hall–Kier alpha value is -1.17. The molecule has 0 spiro atoms. The maximum atomic E-state index is 12.1. The Labute approximate surface area is 131 Å². The monoisotopic (exact) mass is 330 g/mol. The fourth-order valence-electron chi connectivity index (χ4n) is 1.79. The van der Waals surface area contributed by atoms with E-state index in [9.17, 15) is 4.79 Å². The predicted octanol–water partition coefficient (Wildman–Crippen LogP) is 3.53. The van der Waals surface area contributed by atoms with E-state index in [4.69, 9.17) is 27.9 Å². The van der Waals surface area contributed by atoms with Gasteiger partial charge in [0.1, 0.15) is 5.75 Å². The summed E-state index contributed by atoms with van der Waals surface area (Å²) in [4.78, 5) is 18.2. The zero-order chi connectivity index (χ0) is 14.9. The Morgan fingerprint density at radius 1 is 1.40 bits per heavy atom. The molecule has 106 valence electrons. The van der Waals surface area contributed by atoms with Gasteiger partial charge < -0.3 is 4.74 Å². The highest BCUT2D eigenvalue weighted by molar-refractivity contribution is 8.18. The summed E-state index contributed by atoms with van der Waals surface area (Å²) in [5.74, 6) is 0.371. The highest BCUT2D eigenvalue weighted by atomic mass is 35.5. The van der Waals surface area contributed by atoms with Crippen molar-refractivity contribution in [3.05, 3.63) is 32.6 Å². The summed E-state index contributed by atoms with van der Waals surface area (Å²) < 4.78 is 5.26. The van der Waals surface area contributed by atoms with E-state index in [1.54, 1.807) is 32.3 Å². The summed E-state index contributed by atoms with van der Waals surface area (Å²) >= 11 is 13.4. The molecule has 0 aromatic heterocycles. The Morgan fingerprint density at radius 3 is 2.65 bits per heavy atom. The van der Waals surface area contributed by atoms with Crippen LogP contribution in [0.15, 0.2) is 22.0 Å². The van der Waals surface area contributed by atoms with Gasteiger partial charge in [-0.25, -0.2) is 0 Å². The van der Waals surface area contributed by atoms with Crippen LogP contribution in [0.1, 0.15) is 5.56 Å². The molecule has 0 saturated carbocycles. The number of amidine groups is 1. The van der Waals surface area contributed by atoms with Crippen molar-refractivity contribution >= 4 is 52.1 Å². The highest BCUT2D eigenvalue weighted by Gasteiger charge is 2.30. The van der Waals surface area contributed by atoms with Crippen LogP contribution >= 0.6 is 35.0 Å². The van der Waals surface area contributed by atoms with Crippen molar-refractivity contribution in [1.82, 2.24) is 4.90 Å². The van der Waals surface area contributed by atoms with Gasteiger partial charge in [-0.3, -0.25) is 14.7 Å². The first kappa shape index (κ1) is 15.2. The third-order valence-corrected chi connectivity index (χ3v) is 4.37. The molecule has 1 saturated heterocycles. The average molecular weight is 331 g/mol. The molecule has 0 radical (unpaired) electrons. The van der Waals surface area contributed by atoms with E-state index in [2.05, 4.69) is 4.99 Å². The average Bonchev–Trinajstić information content (AvgIpc) is 2.66. The largest absolute Gasteiger partial charge is 0.495 e. The second kappa shape index (κ2) is 6.08. The number of carbonyl (C=O) groups excluding carboxylic acids is 1. The van der Waals surface area contributed by atoms with Crippen LogP contribution in [-0.4, -0.2) is 37.2 Å². The van der Waals surface area contributed by atoms with Crippen LogP contribution in [0, 0.1) is 0 Å². The quantitative estimate of drug-likeness (QED) is 0.779. The fraction of sp³-hybridized carbons (Fsp3) is 0.231. The molecule has 1 aromatic rings. The topological polar surface area (TPSA) is 41.9 Å². The Bertz CT molecular complexity index is 629. The van der Waals surface area contributed by atoms with Gasteiger partial charge in [0.05, 0.1) is 17.0 Å². The van der Waals surface area contributed by atoms with Gasteiger partial charge in [0.25, 0.3) is 5.91 Å². The minimum Gasteiger partial charge on any atom is -0.495 e. The van der Waals surface area contributed by atoms with Crippen LogP contribution in [0.4, 0.5) is 0 Å². The lowest BCUT2D eigenvalue weighted by molar-refractivity contribution is -0.121. The van der Waals surface area contributed by atoms with Crippen molar-refractivity contribution in [2.45, 2.75) is 0 Å². The van der Waals surface area contributed by atoms with Gasteiger partial charge in [-0.15, -0.1) is 0 Å². The molecular weight excluding hydrogens is 319 g/mol. The molecule has 7 heteroatoms. The molecule has 0 unspecified atom stereocenters. The molecule has 0 aliphatic carbocycles. The highest BCUT2D eigenvalue weighted by Crippen LogP contribution is 2.37. The third kappa shape index (κ3) is 2.80. The van der Waals surface area contributed by atoms with Crippen LogP contribution in [0.2, 0.25) is 10.0 Å². The first-order valence-corrected chi connectivity index (χ1v) is 7.22. The number of rotatable bonds is 2. The molecule has 1 fully saturated rings. The molecule has 1 heterocycles. The number of benzene rings is 1. The molecule has 0 bridgehead atoms. The van der Waals surface area contributed by atoms with Gasteiger partial charge in [0, 0.05) is 24.7 Å². The summed E-state index contributed by atoms with van der Waals surface area (Å²) in [6.45, 7) is 0. The minimum absolute atomic E-state index is 0.117. The zero-order valence-corrected chi connectivity index (χ0v) is 13.4. The Kier molecular flexibility index (Phi) is 4.62. The van der Waals surface area contributed by atoms with Crippen LogP contribution in [-0.2, 0) is 4.79 Å². The van der Waals surface area contributed by atoms with Crippen LogP contribution in [0.5, 0.6) is 5.75 Å². The number of methoxy groups -OCH3 is 1. The summed E-state index contributed by atoms with van der Waals surface area (Å²) in [6.07, 6.45) is 1.71. The molecule has 2 rings (SSSR count). The number of thioether (sulfide) groups is 1. The standard InChI is InChI=1S/C13H12Cl2N2O2S/c1-16-13-17(2)12(18)10(20-13)5-7-4-8(14)6-9(15)11(7)19-3/h4-6H,1-3H3. The maximum Gasteiger partial charge on any atom is 0.266 e. The second-order valence-electron chi connectivity index (χ2n) is 3.99. The van der Waals surface area contributed by atoms with Crippen molar-refractivity contribution in [3.63, 3.8) is 0 Å².